The molecular weight excluding hydrogens is 302 g/mol. The van der Waals surface area contributed by atoms with E-state index in [-0.39, 0.29) is 11.8 Å². The Kier molecular flexibility index (Phi) is 4.08. The van der Waals surface area contributed by atoms with Crippen molar-refractivity contribution in [1.82, 2.24) is 15.0 Å². The summed E-state index contributed by atoms with van der Waals surface area (Å²) in [5.74, 6) is 2.27. The van der Waals surface area contributed by atoms with E-state index in [1.165, 1.54) is 12.0 Å². The van der Waals surface area contributed by atoms with E-state index in [9.17, 15) is 4.79 Å². The molecule has 4 rings (SSSR count). The van der Waals surface area contributed by atoms with Gasteiger partial charge >= 0.3 is 0 Å². The highest BCUT2D eigenvalue weighted by atomic mass is 16.5. The Morgan fingerprint density at radius 2 is 2.00 bits per heavy atom. The van der Waals surface area contributed by atoms with Crippen LogP contribution in [0.2, 0.25) is 0 Å². The Morgan fingerprint density at radius 3 is 2.67 bits per heavy atom. The average Bonchev–Trinajstić information content (AvgIpc) is 3.03. The first-order chi connectivity index (χ1) is 11.7. The van der Waals surface area contributed by atoms with Gasteiger partial charge in [-0.05, 0) is 38.7 Å². The largest absolute Gasteiger partial charge is 0.342 e. The molecule has 1 aliphatic carbocycles. The zero-order chi connectivity index (χ0) is 16.5. The molecule has 2 aromatic rings. The Balaban J connectivity index is 1.40. The third kappa shape index (κ3) is 2.95. The molecule has 1 aromatic heterocycles. The van der Waals surface area contributed by atoms with Crippen LogP contribution in [0.25, 0.3) is 11.4 Å². The number of carbonyl (C=O) groups is 1. The molecule has 0 N–H and O–H groups in total. The monoisotopic (exact) mass is 325 g/mol. The molecule has 0 atom stereocenters. The second-order valence-corrected chi connectivity index (χ2v) is 7.05. The summed E-state index contributed by atoms with van der Waals surface area (Å²) in [5, 5.41) is 4.14. The number of rotatable bonds is 3. The number of aromatic nitrogens is 2. The second-order valence-electron chi connectivity index (χ2n) is 7.05. The van der Waals surface area contributed by atoms with Crippen molar-refractivity contribution >= 4 is 5.91 Å². The zero-order valence-corrected chi connectivity index (χ0v) is 14.1. The first kappa shape index (κ1) is 15.4. The molecule has 126 valence electrons. The lowest BCUT2D eigenvalue weighted by Crippen LogP contribution is -2.43. The summed E-state index contributed by atoms with van der Waals surface area (Å²) in [6.45, 7) is 3.67. The molecule has 1 amide bonds. The molecule has 0 radical (unpaired) electrons. The van der Waals surface area contributed by atoms with Crippen molar-refractivity contribution in [3.05, 3.63) is 35.7 Å². The van der Waals surface area contributed by atoms with Crippen LogP contribution < -0.4 is 0 Å². The first-order valence-electron chi connectivity index (χ1n) is 8.90. The Labute approximate surface area is 142 Å². The average molecular weight is 325 g/mol. The molecule has 1 saturated heterocycles. The van der Waals surface area contributed by atoms with Gasteiger partial charge in [0, 0.05) is 30.5 Å². The van der Waals surface area contributed by atoms with E-state index in [2.05, 4.69) is 29.2 Å². The van der Waals surface area contributed by atoms with Crippen LogP contribution in [0.3, 0.4) is 0 Å². The maximum Gasteiger partial charge on any atom is 0.230 e. The summed E-state index contributed by atoms with van der Waals surface area (Å²) in [6, 6.07) is 8.13. The molecule has 5 nitrogen and oxygen atoms in total. The molecule has 1 aromatic carbocycles. The Bertz CT molecular complexity index is 728. The van der Waals surface area contributed by atoms with Gasteiger partial charge in [0.1, 0.15) is 0 Å². The fourth-order valence-corrected chi connectivity index (χ4v) is 3.56. The molecule has 2 heterocycles. The van der Waals surface area contributed by atoms with Crippen molar-refractivity contribution in [2.45, 2.75) is 44.9 Å². The molecule has 0 spiro atoms. The van der Waals surface area contributed by atoms with E-state index >= 15 is 0 Å². The minimum absolute atomic E-state index is 0.265. The number of hydrogen-bond acceptors (Lipinski definition) is 4. The van der Waals surface area contributed by atoms with Gasteiger partial charge in [-0.2, -0.15) is 4.98 Å². The van der Waals surface area contributed by atoms with Gasteiger partial charge < -0.3 is 9.42 Å². The Morgan fingerprint density at radius 1 is 1.21 bits per heavy atom. The summed E-state index contributed by atoms with van der Waals surface area (Å²) in [5.41, 5.74) is 2.17. The SMILES string of the molecule is Cc1cccc(-c2noc(C3CCN(C(=O)C4CCC4)CC3)n2)c1. The van der Waals surface area contributed by atoms with Crippen LogP contribution in [0.5, 0.6) is 0 Å². The predicted octanol–water partition coefficient (Wildman–Crippen LogP) is 3.55. The fraction of sp³-hybridized carbons (Fsp3) is 0.526. The van der Waals surface area contributed by atoms with Crippen molar-refractivity contribution in [3.63, 3.8) is 0 Å². The molecule has 1 aliphatic heterocycles. The van der Waals surface area contributed by atoms with Crippen LogP contribution >= 0.6 is 0 Å². The summed E-state index contributed by atoms with van der Waals surface area (Å²) in [6.07, 6.45) is 5.17. The van der Waals surface area contributed by atoms with Crippen molar-refractivity contribution in [1.29, 1.82) is 0 Å². The van der Waals surface area contributed by atoms with Crippen molar-refractivity contribution in [3.8, 4) is 11.4 Å². The molecule has 0 bridgehead atoms. The third-order valence-corrected chi connectivity index (χ3v) is 5.33. The molecule has 0 unspecified atom stereocenters. The smallest absolute Gasteiger partial charge is 0.230 e. The number of benzene rings is 1. The lowest BCUT2D eigenvalue weighted by atomic mass is 9.83. The number of aryl methyl sites for hydroxylation is 1. The van der Waals surface area contributed by atoms with Crippen LogP contribution in [-0.2, 0) is 4.79 Å². The number of hydrogen-bond donors (Lipinski definition) is 0. The normalized spacial score (nSPS) is 19.3. The van der Waals surface area contributed by atoms with Crippen molar-refractivity contribution < 1.29 is 9.32 Å². The molecular formula is C19H23N3O2. The van der Waals surface area contributed by atoms with E-state index in [0.717, 1.165) is 44.3 Å². The quantitative estimate of drug-likeness (QED) is 0.866. The minimum Gasteiger partial charge on any atom is -0.342 e. The van der Waals surface area contributed by atoms with Crippen molar-refractivity contribution in [2.24, 2.45) is 5.92 Å². The van der Waals surface area contributed by atoms with Crippen LogP contribution in [0.15, 0.2) is 28.8 Å². The lowest BCUT2D eigenvalue weighted by molar-refractivity contribution is -0.139. The van der Waals surface area contributed by atoms with Crippen LogP contribution in [-0.4, -0.2) is 34.0 Å². The van der Waals surface area contributed by atoms with Gasteiger partial charge in [0.05, 0.1) is 0 Å². The molecule has 2 aliphatic rings. The highest BCUT2D eigenvalue weighted by Crippen LogP contribution is 2.32. The molecule has 24 heavy (non-hydrogen) atoms. The van der Waals surface area contributed by atoms with E-state index in [1.807, 2.05) is 17.0 Å². The number of amides is 1. The third-order valence-electron chi connectivity index (χ3n) is 5.33. The maximum absolute atomic E-state index is 12.3. The molecule has 5 heteroatoms. The van der Waals surface area contributed by atoms with Gasteiger partial charge in [0.25, 0.3) is 0 Å². The number of carbonyl (C=O) groups excluding carboxylic acids is 1. The van der Waals surface area contributed by atoms with Gasteiger partial charge in [-0.3, -0.25) is 4.79 Å². The van der Waals surface area contributed by atoms with Crippen LogP contribution in [0.4, 0.5) is 0 Å². The van der Waals surface area contributed by atoms with Crippen LogP contribution in [0, 0.1) is 12.8 Å². The van der Waals surface area contributed by atoms with Crippen molar-refractivity contribution in [2.75, 3.05) is 13.1 Å². The highest BCUT2D eigenvalue weighted by molar-refractivity contribution is 5.79. The van der Waals surface area contributed by atoms with Crippen LogP contribution in [0.1, 0.15) is 49.5 Å². The standard InChI is InChI=1S/C19H23N3O2/c1-13-4-2-7-16(12-13)17-20-18(24-21-17)14-8-10-22(11-9-14)19(23)15-5-3-6-15/h2,4,7,12,14-15H,3,5-6,8-11H2,1H3. The maximum atomic E-state index is 12.3. The molecule has 2 fully saturated rings. The van der Waals surface area contributed by atoms with E-state index < -0.39 is 0 Å². The number of piperidine rings is 1. The second kappa shape index (κ2) is 6.38. The van der Waals surface area contributed by atoms with E-state index in [4.69, 9.17) is 4.52 Å². The van der Waals surface area contributed by atoms with E-state index in [1.54, 1.807) is 0 Å². The topological polar surface area (TPSA) is 59.2 Å². The number of likely N-dealkylation sites (tertiary alicyclic amines) is 1. The summed E-state index contributed by atoms with van der Waals surface area (Å²) >= 11 is 0. The van der Waals surface area contributed by atoms with Gasteiger partial charge in [-0.25, -0.2) is 0 Å². The highest BCUT2D eigenvalue weighted by Gasteiger charge is 2.33. The van der Waals surface area contributed by atoms with Gasteiger partial charge in [-0.1, -0.05) is 35.3 Å². The summed E-state index contributed by atoms with van der Waals surface area (Å²) < 4.78 is 5.51. The van der Waals surface area contributed by atoms with Gasteiger partial charge in [-0.15, -0.1) is 0 Å². The van der Waals surface area contributed by atoms with E-state index in [0.29, 0.717) is 17.6 Å². The summed E-state index contributed by atoms with van der Waals surface area (Å²) in [4.78, 5) is 18.9. The van der Waals surface area contributed by atoms with Gasteiger partial charge in [0.2, 0.25) is 17.6 Å². The lowest BCUT2D eigenvalue weighted by Gasteiger charge is -2.35. The summed E-state index contributed by atoms with van der Waals surface area (Å²) in [7, 11) is 0. The predicted molar refractivity (Wildman–Crippen MR) is 90.4 cm³/mol. The Hall–Kier alpha value is -2.17. The minimum atomic E-state index is 0.265. The fourth-order valence-electron chi connectivity index (χ4n) is 3.56. The van der Waals surface area contributed by atoms with Gasteiger partial charge in [0.15, 0.2) is 0 Å². The molecule has 1 saturated carbocycles. The number of nitrogens with zero attached hydrogens (tertiary/aromatic N) is 3. The first-order valence-corrected chi connectivity index (χ1v) is 8.90. The zero-order valence-electron chi connectivity index (χ0n) is 14.1.